The van der Waals surface area contributed by atoms with Crippen LogP contribution in [0.25, 0.3) is 89.7 Å². The van der Waals surface area contributed by atoms with Gasteiger partial charge in [-0.25, -0.2) is 18.2 Å². The topological polar surface area (TPSA) is 57.6 Å². The molecule has 10 heteroatoms. The summed E-state index contributed by atoms with van der Waals surface area (Å²) < 4.78 is 54.2. The average Bonchev–Trinajstić information content (AvgIpc) is 4.07. The summed E-state index contributed by atoms with van der Waals surface area (Å²) in [6.07, 6.45) is 4.62. The second-order valence-electron chi connectivity index (χ2n) is 14.5. The van der Waals surface area contributed by atoms with E-state index in [9.17, 15) is 0 Å². The molecule has 0 saturated heterocycles. The highest BCUT2D eigenvalue weighted by Gasteiger charge is 2.30. The highest BCUT2D eigenvalue weighted by Crippen LogP contribution is 2.42. The second kappa shape index (κ2) is 12.9. The Morgan fingerprint density at radius 2 is 1.18 bits per heavy atom. The van der Waals surface area contributed by atoms with Crippen LogP contribution in [-0.4, -0.2) is 22.8 Å². The van der Waals surface area contributed by atoms with Crippen LogP contribution in [0, 0.1) is 31.3 Å². The molecule has 4 nitrogen and oxygen atoms in total. The molecule has 0 saturated carbocycles. The van der Waals surface area contributed by atoms with Gasteiger partial charge in [-0.15, -0.1) is 18.5 Å². The quantitative estimate of drug-likeness (QED) is 0.136. The summed E-state index contributed by atoms with van der Waals surface area (Å²) in [6, 6.07) is 30.5. The van der Waals surface area contributed by atoms with Crippen LogP contribution in [0.1, 0.15) is 33.5 Å². The maximum atomic E-state index is 16.1. The van der Waals surface area contributed by atoms with Gasteiger partial charge in [0.1, 0.15) is 19.5 Å². The fraction of sp³-hybridized carbons (Fsp3) is 0.0652. The van der Waals surface area contributed by atoms with E-state index in [-0.39, 0.29) is 28.1 Å². The van der Waals surface area contributed by atoms with Gasteiger partial charge in [-0.05, 0) is 88.6 Å². The molecule has 2 aliphatic carbocycles. The molecule has 4 aromatic heterocycles. The molecular weight excluding hydrogens is 740 g/mol. The summed E-state index contributed by atoms with van der Waals surface area (Å²) in [6.45, 7) is 3.33. The van der Waals surface area contributed by atoms with Crippen molar-refractivity contribution >= 4 is 98.7 Å². The number of fused-ring (bicyclic) bond motifs is 14. The number of furan rings is 1. The predicted octanol–water partition coefficient (Wildman–Crippen LogP) is 9.87. The lowest BCUT2D eigenvalue weighted by Crippen LogP contribution is -2.18. The van der Waals surface area contributed by atoms with Crippen LogP contribution in [-0.2, 0) is 6.42 Å². The molecular formula is C46H33BF3N3OP2. The van der Waals surface area contributed by atoms with Crippen molar-refractivity contribution < 1.29 is 17.6 Å². The standard InChI is InChI=1S/C46H33BF3N3OP2/c1-21-27-20-32-36(35(27)45(56)42(50)44(21)55)30-17-15-28(51-30)33(23-9-5-3-6-10-23)25-13-14-26(19-25)34(24-11-7-4-8-12-24)29-16-18-31(52-29)37-38-39(47)40(48)22(2)41(49)43(38)54-46(37)53-32/h3-19,51-52H,20,47,55-56H2,1-2H3. The Kier molecular flexibility index (Phi) is 8.04. The molecule has 272 valence electrons. The van der Waals surface area contributed by atoms with Gasteiger partial charge in [0.2, 0.25) is 5.71 Å². The summed E-state index contributed by atoms with van der Waals surface area (Å²) in [5, 5.41) is 1.67. The first-order chi connectivity index (χ1) is 27.1. The van der Waals surface area contributed by atoms with E-state index in [1.54, 1.807) is 7.85 Å². The van der Waals surface area contributed by atoms with Gasteiger partial charge >= 0.3 is 0 Å². The lowest BCUT2D eigenvalue weighted by Gasteiger charge is -2.13. The molecule has 4 aromatic carbocycles. The van der Waals surface area contributed by atoms with Crippen molar-refractivity contribution in [2.75, 3.05) is 0 Å². The molecule has 0 fully saturated rings. The smallest absolute Gasteiger partial charge is 0.229 e. The first-order valence-corrected chi connectivity index (χ1v) is 19.5. The second-order valence-corrected chi connectivity index (χ2v) is 15.7. The summed E-state index contributed by atoms with van der Waals surface area (Å²) in [5.41, 5.74) is 13.0. The summed E-state index contributed by atoms with van der Waals surface area (Å²) in [5.74, 6) is -1.74. The van der Waals surface area contributed by atoms with Gasteiger partial charge in [0.15, 0.2) is 11.4 Å². The van der Waals surface area contributed by atoms with Crippen LogP contribution in [0.5, 0.6) is 0 Å². The molecule has 0 spiro atoms. The minimum absolute atomic E-state index is 0.0692. The summed E-state index contributed by atoms with van der Waals surface area (Å²) in [4.78, 5) is 12.6. The van der Waals surface area contributed by atoms with Gasteiger partial charge in [-0.3, -0.25) is 0 Å². The van der Waals surface area contributed by atoms with Crippen molar-refractivity contribution in [2.45, 2.75) is 20.3 Å². The molecule has 56 heavy (non-hydrogen) atoms. The Labute approximate surface area is 325 Å². The molecule has 8 aromatic rings. The van der Waals surface area contributed by atoms with E-state index in [4.69, 9.17) is 9.40 Å². The van der Waals surface area contributed by atoms with E-state index in [0.717, 1.165) is 66.6 Å². The maximum absolute atomic E-state index is 16.1. The fourth-order valence-corrected chi connectivity index (χ4v) is 9.53. The monoisotopic (exact) mass is 773 g/mol. The molecule has 2 N–H and O–H groups in total. The van der Waals surface area contributed by atoms with Crippen molar-refractivity contribution in [1.29, 1.82) is 0 Å². The number of aromatic amines is 2. The van der Waals surface area contributed by atoms with E-state index >= 15 is 13.2 Å². The molecule has 2 unspecified atom stereocenters. The number of hydrogen-bond donors (Lipinski definition) is 2. The van der Waals surface area contributed by atoms with Crippen molar-refractivity contribution in [3.05, 3.63) is 142 Å². The van der Waals surface area contributed by atoms with Crippen LogP contribution in [0.15, 0.2) is 95.4 Å². The molecule has 0 aliphatic heterocycles. The third-order valence-corrected chi connectivity index (χ3v) is 12.6. The van der Waals surface area contributed by atoms with Crippen molar-refractivity contribution in [1.82, 2.24) is 15.0 Å². The van der Waals surface area contributed by atoms with Crippen molar-refractivity contribution in [3.63, 3.8) is 0 Å². The van der Waals surface area contributed by atoms with E-state index < -0.39 is 11.6 Å². The Morgan fingerprint density at radius 1 is 0.625 bits per heavy atom. The van der Waals surface area contributed by atoms with Gasteiger partial charge in [0.25, 0.3) is 0 Å². The first-order valence-electron chi connectivity index (χ1n) is 18.3. The number of halogens is 3. The maximum Gasteiger partial charge on any atom is 0.229 e. The number of aromatic nitrogens is 3. The van der Waals surface area contributed by atoms with Crippen LogP contribution in [0.4, 0.5) is 13.2 Å². The number of nitrogens with one attached hydrogen (secondary N) is 2. The van der Waals surface area contributed by atoms with Crippen LogP contribution < -0.4 is 16.1 Å². The minimum atomic E-state index is -0.774. The van der Waals surface area contributed by atoms with Gasteiger partial charge in [-0.1, -0.05) is 72.8 Å². The van der Waals surface area contributed by atoms with Crippen LogP contribution >= 0.6 is 18.5 Å². The number of benzene rings is 4. The largest absolute Gasteiger partial charge is 0.435 e. The number of nitrogens with zero attached hydrogens (tertiary/aromatic N) is 1. The van der Waals surface area contributed by atoms with Gasteiger partial charge in [0, 0.05) is 61.2 Å². The Hall–Kier alpha value is -5.68. The molecule has 10 rings (SSSR count). The molecule has 0 amide bonds. The average molecular weight is 774 g/mol. The highest BCUT2D eigenvalue weighted by molar-refractivity contribution is 7.30. The SMILES string of the molecule is Bc1c(F)c(C)c(F)c2oc3nc4c(c5ccc([nH]5)c(-c5ccccc5)c5cc(c(-c6ccccc6)c6ccc([nH]6)c3c12)C=C5)-c1c(P)c(F)c(P)c(C)c1C4. The normalized spacial score (nSPS) is 12.5. The zero-order valence-electron chi connectivity index (χ0n) is 30.7. The Bertz CT molecular complexity index is 3200. The van der Waals surface area contributed by atoms with Gasteiger partial charge < -0.3 is 14.4 Å². The van der Waals surface area contributed by atoms with E-state index in [1.807, 2.05) is 61.5 Å². The van der Waals surface area contributed by atoms with Crippen molar-refractivity contribution in [3.8, 4) is 33.4 Å². The third-order valence-electron chi connectivity index (χ3n) is 11.4. The molecule has 2 aliphatic rings. The molecule has 4 heterocycles. The lowest BCUT2D eigenvalue weighted by atomic mass is 9.88. The summed E-state index contributed by atoms with van der Waals surface area (Å²) >= 11 is 0. The lowest BCUT2D eigenvalue weighted by molar-refractivity contribution is 0.551. The first kappa shape index (κ1) is 34.8. The van der Waals surface area contributed by atoms with Crippen molar-refractivity contribution in [2.24, 2.45) is 0 Å². The summed E-state index contributed by atoms with van der Waals surface area (Å²) in [7, 11) is 6.79. The predicted molar refractivity (Wildman–Crippen MR) is 235 cm³/mol. The zero-order valence-corrected chi connectivity index (χ0v) is 33.0. The Morgan fingerprint density at radius 3 is 1.79 bits per heavy atom. The van der Waals surface area contributed by atoms with Crippen LogP contribution in [0.2, 0.25) is 0 Å². The van der Waals surface area contributed by atoms with Gasteiger partial charge in [0.05, 0.1) is 16.6 Å². The zero-order chi connectivity index (χ0) is 38.6. The number of hydrogen-bond acceptors (Lipinski definition) is 2. The van der Waals surface area contributed by atoms with E-state index in [0.29, 0.717) is 44.6 Å². The minimum Gasteiger partial charge on any atom is -0.435 e. The third kappa shape index (κ3) is 5.12. The molecule has 2 atom stereocenters. The van der Waals surface area contributed by atoms with Crippen LogP contribution in [0.3, 0.4) is 0 Å². The number of H-pyrrole nitrogens is 2. The Balaban J connectivity index is 1.47. The highest BCUT2D eigenvalue weighted by atomic mass is 31.0. The molecule has 0 radical (unpaired) electrons. The number of rotatable bonds is 2. The van der Waals surface area contributed by atoms with E-state index in [2.05, 4.69) is 77.0 Å². The van der Waals surface area contributed by atoms with E-state index in [1.165, 1.54) is 6.92 Å². The fourth-order valence-electron chi connectivity index (χ4n) is 8.56. The van der Waals surface area contributed by atoms with Gasteiger partial charge in [-0.2, -0.15) is 0 Å². The molecule has 6 bridgehead atoms.